The third-order valence-corrected chi connectivity index (χ3v) is 4.10. The van der Waals surface area contributed by atoms with Gasteiger partial charge in [0.2, 0.25) is 0 Å². The van der Waals surface area contributed by atoms with E-state index in [9.17, 15) is 5.11 Å². The first-order chi connectivity index (χ1) is 8.55. The van der Waals surface area contributed by atoms with Gasteiger partial charge in [0.05, 0.1) is 0 Å². The highest BCUT2D eigenvalue weighted by atomic mass is 16.3. The van der Waals surface area contributed by atoms with E-state index in [4.69, 9.17) is 0 Å². The molecule has 2 rings (SSSR count). The summed E-state index contributed by atoms with van der Waals surface area (Å²) in [7, 11) is 4.08. The fraction of sp³-hybridized carbons (Fsp3) is 0.500. The van der Waals surface area contributed by atoms with Gasteiger partial charge in [0.15, 0.2) is 0 Å². The van der Waals surface area contributed by atoms with Gasteiger partial charge >= 0.3 is 0 Å². The monoisotopic (exact) mass is 245 g/mol. The van der Waals surface area contributed by atoms with Crippen molar-refractivity contribution in [3.63, 3.8) is 0 Å². The molecule has 0 unspecified atom stereocenters. The zero-order valence-corrected chi connectivity index (χ0v) is 11.4. The topological polar surface area (TPSA) is 23.5 Å². The van der Waals surface area contributed by atoms with E-state index in [2.05, 4.69) is 11.5 Å². The van der Waals surface area contributed by atoms with Crippen molar-refractivity contribution < 1.29 is 5.11 Å². The largest absolute Gasteiger partial charge is 0.384 e. The van der Waals surface area contributed by atoms with Gasteiger partial charge in [-0.3, -0.25) is 0 Å². The maximum atomic E-state index is 11.1. The van der Waals surface area contributed by atoms with E-state index < -0.39 is 5.60 Å². The van der Waals surface area contributed by atoms with Crippen molar-refractivity contribution in [2.45, 2.75) is 37.3 Å². The molecule has 0 amide bonds. The summed E-state index contributed by atoms with van der Waals surface area (Å²) in [5.41, 5.74) is 1.12. The van der Waals surface area contributed by atoms with Crippen molar-refractivity contribution in [1.29, 1.82) is 0 Å². The Kier molecular flexibility index (Phi) is 3.88. The Bertz CT molecular complexity index is 412. The van der Waals surface area contributed by atoms with Crippen molar-refractivity contribution in [1.82, 2.24) is 4.90 Å². The van der Waals surface area contributed by atoms with E-state index >= 15 is 0 Å². The van der Waals surface area contributed by atoms with E-state index in [1.807, 2.05) is 44.4 Å². The molecule has 1 aliphatic rings. The molecule has 0 saturated heterocycles. The van der Waals surface area contributed by atoms with Crippen molar-refractivity contribution in [3.05, 3.63) is 42.5 Å². The molecule has 1 aliphatic carbocycles. The molecule has 0 bridgehead atoms. The zero-order chi connectivity index (χ0) is 13.2. The van der Waals surface area contributed by atoms with Crippen molar-refractivity contribution >= 4 is 5.57 Å². The third-order valence-electron chi connectivity index (χ3n) is 4.10. The lowest BCUT2D eigenvalue weighted by Crippen LogP contribution is -2.52. The van der Waals surface area contributed by atoms with Crippen LogP contribution >= 0.6 is 0 Å². The van der Waals surface area contributed by atoms with E-state index in [-0.39, 0.29) is 6.04 Å². The normalized spacial score (nSPS) is 28.3. The number of aliphatic hydroxyl groups is 1. The molecule has 18 heavy (non-hydrogen) atoms. The van der Waals surface area contributed by atoms with Crippen LogP contribution in [0.15, 0.2) is 36.9 Å². The quantitative estimate of drug-likeness (QED) is 0.885. The second kappa shape index (κ2) is 5.25. The molecule has 0 heterocycles. The number of likely N-dealkylation sites (N-methyl/N-ethyl adjacent to an activating group) is 1. The van der Waals surface area contributed by atoms with Gasteiger partial charge in [-0.15, -0.1) is 0 Å². The Morgan fingerprint density at radius 2 is 1.94 bits per heavy atom. The van der Waals surface area contributed by atoms with Crippen LogP contribution in [0.5, 0.6) is 0 Å². The highest BCUT2D eigenvalue weighted by molar-refractivity contribution is 5.71. The van der Waals surface area contributed by atoms with Crippen LogP contribution in [-0.2, 0) is 0 Å². The predicted molar refractivity (Wildman–Crippen MR) is 76.4 cm³/mol. The van der Waals surface area contributed by atoms with Crippen LogP contribution in [0.1, 0.15) is 31.2 Å². The Hall–Kier alpha value is -1.12. The molecule has 2 heteroatoms. The second-order valence-electron chi connectivity index (χ2n) is 5.49. The molecule has 1 N–H and O–H groups in total. The minimum Gasteiger partial charge on any atom is -0.384 e. The van der Waals surface area contributed by atoms with E-state index in [0.717, 1.165) is 30.4 Å². The average molecular weight is 245 g/mol. The first-order valence-corrected chi connectivity index (χ1v) is 6.69. The van der Waals surface area contributed by atoms with Crippen molar-refractivity contribution in [3.8, 4) is 0 Å². The number of hydrogen-bond donors (Lipinski definition) is 1. The van der Waals surface area contributed by atoms with Gasteiger partial charge in [-0.1, -0.05) is 49.8 Å². The lowest BCUT2D eigenvalue weighted by molar-refractivity contribution is -0.0128. The minimum atomic E-state index is -0.789. The van der Waals surface area contributed by atoms with Gasteiger partial charge < -0.3 is 10.0 Å². The van der Waals surface area contributed by atoms with Crippen LogP contribution in [0.2, 0.25) is 0 Å². The van der Waals surface area contributed by atoms with E-state index in [1.165, 1.54) is 6.42 Å². The molecule has 1 saturated carbocycles. The molecule has 0 spiro atoms. The second-order valence-corrected chi connectivity index (χ2v) is 5.49. The number of benzene rings is 1. The first kappa shape index (κ1) is 13.3. The van der Waals surface area contributed by atoms with Crippen molar-refractivity contribution in [2.24, 2.45) is 0 Å². The Morgan fingerprint density at radius 1 is 1.28 bits per heavy atom. The summed E-state index contributed by atoms with van der Waals surface area (Å²) in [6.45, 7) is 4.18. The van der Waals surface area contributed by atoms with Crippen LogP contribution in [0.3, 0.4) is 0 Å². The van der Waals surface area contributed by atoms with Gasteiger partial charge in [0.25, 0.3) is 0 Å². The van der Waals surface area contributed by atoms with Crippen LogP contribution in [-0.4, -0.2) is 35.7 Å². The molecular formula is C16H23NO. The maximum absolute atomic E-state index is 11.1. The van der Waals surface area contributed by atoms with Gasteiger partial charge in [-0.05, 0) is 38.1 Å². The Labute approximate surface area is 110 Å². The van der Waals surface area contributed by atoms with E-state index in [0.29, 0.717) is 0 Å². The maximum Gasteiger partial charge on any atom is 0.105 e. The number of hydrogen-bond acceptors (Lipinski definition) is 2. The molecule has 2 atom stereocenters. The molecule has 1 aromatic rings. The van der Waals surface area contributed by atoms with Crippen LogP contribution in [0, 0.1) is 0 Å². The highest BCUT2D eigenvalue weighted by Gasteiger charge is 2.42. The smallest absolute Gasteiger partial charge is 0.105 e. The lowest BCUT2D eigenvalue weighted by Gasteiger charge is -2.44. The van der Waals surface area contributed by atoms with Crippen molar-refractivity contribution in [2.75, 3.05) is 14.1 Å². The lowest BCUT2D eigenvalue weighted by atomic mass is 9.73. The fourth-order valence-corrected chi connectivity index (χ4v) is 3.06. The molecule has 98 valence electrons. The zero-order valence-electron chi connectivity index (χ0n) is 11.4. The molecule has 0 aromatic heterocycles. The molecule has 2 nitrogen and oxygen atoms in total. The average Bonchev–Trinajstić information content (AvgIpc) is 2.39. The molecule has 1 aromatic carbocycles. The van der Waals surface area contributed by atoms with E-state index in [1.54, 1.807) is 0 Å². The summed E-state index contributed by atoms with van der Waals surface area (Å²) in [5.74, 6) is 0. The number of nitrogens with zero attached hydrogens (tertiary/aromatic N) is 1. The summed E-state index contributed by atoms with van der Waals surface area (Å²) < 4.78 is 0. The van der Waals surface area contributed by atoms with Gasteiger partial charge in [-0.25, -0.2) is 0 Å². The molecule has 1 fully saturated rings. The van der Waals surface area contributed by atoms with Gasteiger partial charge in [0.1, 0.15) is 5.60 Å². The molecule has 0 radical (unpaired) electrons. The third kappa shape index (κ3) is 2.36. The molecule has 0 aliphatic heterocycles. The SMILES string of the molecule is C=C(c1ccccc1)[C@@]1(O)CCCC[C@@H]1N(C)C. The van der Waals surface area contributed by atoms with Gasteiger partial charge in [-0.2, -0.15) is 0 Å². The fourth-order valence-electron chi connectivity index (χ4n) is 3.06. The summed E-state index contributed by atoms with van der Waals surface area (Å²) in [5, 5.41) is 11.1. The summed E-state index contributed by atoms with van der Waals surface area (Å²) in [4.78, 5) is 2.13. The summed E-state index contributed by atoms with van der Waals surface area (Å²) >= 11 is 0. The van der Waals surface area contributed by atoms with Crippen LogP contribution in [0.4, 0.5) is 0 Å². The number of rotatable bonds is 3. The Balaban J connectivity index is 2.31. The minimum absolute atomic E-state index is 0.166. The van der Waals surface area contributed by atoms with Gasteiger partial charge in [0, 0.05) is 6.04 Å². The Morgan fingerprint density at radius 3 is 2.56 bits per heavy atom. The highest BCUT2D eigenvalue weighted by Crippen LogP contribution is 2.40. The first-order valence-electron chi connectivity index (χ1n) is 6.69. The van der Waals surface area contributed by atoms with Crippen LogP contribution < -0.4 is 0 Å². The van der Waals surface area contributed by atoms with Crippen LogP contribution in [0.25, 0.3) is 5.57 Å². The summed E-state index contributed by atoms with van der Waals surface area (Å²) in [6.07, 6.45) is 4.11. The summed E-state index contributed by atoms with van der Waals surface area (Å²) in [6, 6.07) is 10.2. The molecular weight excluding hydrogens is 222 g/mol. The predicted octanol–water partition coefficient (Wildman–Crippen LogP) is 2.94. The standard InChI is InChI=1S/C16H23NO/c1-13(14-9-5-4-6-10-14)16(18)12-8-7-11-15(16)17(2)3/h4-6,9-10,15,18H,1,7-8,11-12H2,2-3H3/t15-,16-/m0/s1.